The van der Waals surface area contributed by atoms with Crippen LogP contribution in [-0.4, -0.2) is 25.5 Å². The highest BCUT2D eigenvalue weighted by molar-refractivity contribution is 4.98. The second-order valence-electron chi connectivity index (χ2n) is 6.68. The van der Waals surface area contributed by atoms with Gasteiger partial charge in [0, 0.05) is 0 Å². The van der Waals surface area contributed by atoms with Crippen LogP contribution in [0.5, 0.6) is 0 Å². The van der Waals surface area contributed by atoms with Gasteiger partial charge in [0.05, 0.1) is 12.1 Å². The molecule has 108 valence electrons. The lowest BCUT2D eigenvalue weighted by Crippen LogP contribution is -2.46. The number of hydrogen-bond acceptors (Lipinski definition) is 3. The first-order chi connectivity index (χ1) is 8.74. The van der Waals surface area contributed by atoms with Gasteiger partial charge in [0.25, 0.3) is 0 Å². The molecule has 1 atom stereocenters. The molecular weight excluding hydrogens is 238 g/mol. The zero-order chi connectivity index (χ0) is 14.5. The number of aromatic nitrogens is 3. The number of rotatable bonds is 6. The number of hydrogen-bond donors (Lipinski definition) is 1. The van der Waals surface area contributed by atoms with E-state index < -0.39 is 5.60 Å². The van der Waals surface area contributed by atoms with Crippen LogP contribution in [0.2, 0.25) is 0 Å². The van der Waals surface area contributed by atoms with Gasteiger partial charge in [-0.3, -0.25) is 4.68 Å². The molecule has 0 aromatic carbocycles. The summed E-state index contributed by atoms with van der Waals surface area (Å²) in [5.41, 5.74) is -1.05. The van der Waals surface area contributed by atoms with Crippen molar-refractivity contribution in [3.05, 3.63) is 24.8 Å². The van der Waals surface area contributed by atoms with Crippen molar-refractivity contribution in [1.29, 1.82) is 0 Å². The zero-order valence-electron chi connectivity index (χ0n) is 12.8. The number of aliphatic hydroxyl groups is 1. The van der Waals surface area contributed by atoms with Crippen molar-refractivity contribution in [2.24, 2.45) is 11.3 Å². The average Bonchev–Trinajstić information content (AvgIpc) is 2.75. The molecule has 1 aromatic heterocycles. The van der Waals surface area contributed by atoms with E-state index in [1.807, 2.05) is 0 Å². The SMILES string of the molecule is CC(C)CC=CCC(O)(Cn1cncn1)C(C)(C)C. The molecule has 0 aliphatic heterocycles. The Balaban J connectivity index is 2.74. The minimum Gasteiger partial charge on any atom is -0.387 e. The van der Waals surface area contributed by atoms with Crippen molar-refractivity contribution < 1.29 is 5.11 Å². The molecule has 1 N–H and O–H groups in total. The Bertz CT molecular complexity index is 390. The summed E-state index contributed by atoms with van der Waals surface area (Å²) in [6.07, 6.45) is 9.06. The Morgan fingerprint density at radius 3 is 2.42 bits per heavy atom. The van der Waals surface area contributed by atoms with E-state index in [-0.39, 0.29) is 5.41 Å². The Labute approximate surface area is 116 Å². The fraction of sp³-hybridized carbons (Fsp3) is 0.733. The van der Waals surface area contributed by atoms with Gasteiger partial charge in [0.2, 0.25) is 0 Å². The predicted molar refractivity (Wildman–Crippen MR) is 77.6 cm³/mol. The fourth-order valence-electron chi connectivity index (χ4n) is 1.84. The monoisotopic (exact) mass is 265 g/mol. The summed E-state index contributed by atoms with van der Waals surface area (Å²) in [4.78, 5) is 3.93. The molecule has 0 amide bonds. The van der Waals surface area contributed by atoms with Gasteiger partial charge in [-0.05, 0) is 24.2 Å². The molecule has 1 aromatic rings. The van der Waals surface area contributed by atoms with Crippen LogP contribution in [0.25, 0.3) is 0 Å². The Morgan fingerprint density at radius 2 is 1.95 bits per heavy atom. The van der Waals surface area contributed by atoms with Gasteiger partial charge >= 0.3 is 0 Å². The van der Waals surface area contributed by atoms with Gasteiger partial charge in [-0.1, -0.05) is 46.8 Å². The van der Waals surface area contributed by atoms with Crippen LogP contribution in [0, 0.1) is 11.3 Å². The van der Waals surface area contributed by atoms with E-state index in [2.05, 4.69) is 56.9 Å². The fourth-order valence-corrected chi connectivity index (χ4v) is 1.84. The van der Waals surface area contributed by atoms with E-state index in [1.54, 1.807) is 11.0 Å². The minimum atomic E-state index is -0.825. The topological polar surface area (TPSA) is 50.9 Å². The molecule has 1 unspecified atom stereocenters. The quantitative estimate of drug-likeness (QED) is 0.804. The van der Waals surface area contributed by atoms with E-state index in [1.165, 1.54) is 6.33 Å². The molecule has 1 heterocycles. The average molecular weight is 265 g/mol. The van der Waals surface area contributed by atoms with Crippen molar-refractivity contribution in [1.82, 2.24) is 14.8 Å². The van der Waals surface area contributed by atoms with Gasteiger partial charge in [-0.2, -0.15) is 5.10 Å². The largest absolute Gasteiger partial charge is 0.387 e. The molecule has 0 spiro atoms. The Morgan fingerprint density at radius 1 is 1.26 bits per heavy atom. The van der Waals surface area contributed by atoms with Gasteiger partial charge < -0.3 is 5.11 Å². The third kappa shape index (κ3) is 4.78. The molecular formula is C15H27N3O. The summed E-state index contributed by atoms with van der Waals surface area (Å²) in [6.45, 7) is 11.0. The maximum Gasteiger partial charge on any atom is 0.137 e. The summed E-state index contributed by atoms with van der Waals surface area (Å²) in [5, 5.41) is 15.0. The third-order valence-corrected chi connectivity index (χ3v) is 3.52. The Kier molecular flexibility index (Phi) is 5.29. The van der Waals surface area contributed by atoms with Crippen LogP contribution < -0.4 is 0 Å². The second kappa shape index (κ2) is 6.33. The molecule has 0 aliphatic rings. The van der Waals surface area contributed by atoms with Crippen molar-refractivity contribution >= 4 is 0 Å². The lowest BCUT2D eigenvalue weighted by atomic mass is 9.74. The van der Waals surface area contributed by atoms with Gasteiger partial charge in [-0.15, -0.1) is 0 Å². The summed E-state index contributed by atoms with van der Waals surface area (Å²) in [5.74, 6) is 0.647. The molecule has 0 aliphatic carbocycles. The summed E-state index contributed by atoms with van der Waals surface area (Å²) >= 11 is 0. The normalized spacial score (nSPS) is 16.2. The molecule has 4 nitrogen and oxygen atoms in total. The molecule has 4 heteroatoms. The van der Waals surface area contributed by atoms with Crippen LogP contribution in [0.1, 0.15) is 47.5 Å². The summed E-state index contributed by atoms with van der Waals surface area (Å²) in [6, 6.07) is 0. The van der Waals surface area contributed by atoms with Gasteiger partial charge in [-0.25, -0.2) is 4.98 Å². The summed E-state index contributed by atoms with van der Waals surface area (Å²) in [7, 11) is 0. The highest BCUT2D eigenvalue weighted by atomic mass is 16.3. The molecule has 0 fully saturated rings. The van der Waals surface area contributed by atoms with Crippen LogP contribution in [0.4, 0.5) is 0 Å². The maximum absolute atomic E-state index is 10.9. The number of nitrogens with zero attached hydrogens (tertiary/aromatic N) is 3. The first kappa shape index (κ1) is 15.9. The van der Waals surface area contributed by atoms with Crippen molar-refractivity contribution in [3.8, 4) is 0 Å². The highest BCUT2D eigenvalue weighted by Crippen LogP contribution is 2.35. The van der Waals surface area contributed by atoms with Gasteiger partial charge in [0.15, 0.2) is 0 Å². The predicted octanol–water partition coefficient (Wildman–Crippen LogP) is 3.05. The standard InChI is InChI=1S/C15H27N3O/c1-13(2)8-6-7-9-15(19,14(3,4)5)10-18-12-16-11-17-18/h6-7,11-13,19H,8-10H2,1-5H3. The molecule has 19 heavy (non-hydrogen) atoms. The van der Waals surface area contributed by atoms with E-state index in [0.29, 0.717) is 18.9 Å². The molecule has 0 saturated carbocycles. The van der Waals surface area contributed by atoms with E-state index in [9.17, 15) is 5.11 Å². The summed E-state index contributed by atoms with van der Waals surface area (Å²) < 4.78 is 1.70. The molecule has 1 rings (SSSR count). The lowest BCUT2D eigenvalue weighted by molar-refractivity contribution is -0.0709. The Hall–Kier alpha value is -1.16. The van der Waals surface area contributed by atoms with Crippen molar-refractivity contribution in [2.45, 2.75) is 59.6 Å². The van der Waals surface area contributed by atoms with Crippen LogP contribution >= 0.6 is 0 Å². The van der Waals surface area contributed by atoms with Crippen molar-refractivity contribution in [2.75, 3.05) is 0 Å². The highest BCUT2D eigenvalue weighted by Gasteiger charge is 2.39. The third-order valence-electron chi connectivity index (χ3n) is 3.52. The zero-order valence-corrected chi connectivity index (χ0v) is 12.8. The van der Waals surface area contributed by atoms with Crippen molar-refractivity contribution in [3.63, 3.8) is 0 Å². The first-order valence-corrected chi connectivity index (χ1v) is 6.94. The second-order valence-corrected chi connectivity index (χ2v) is 6.68. The minimum absolute atomic E-state index is 0.221. The van der Waals surface area contributed by atoms with E-state index in [0.717, 1.165) is 6.42 Å². The first-order valence-electron chi connectivity index (χ1n) is 6.94. The van der Waals surface area contributed by atoms with Crippen LogP contribution in [0.15, 0.2) is 24.8 Å². The van der Waals surface area contributed by atoms with Gasteiger partial charge in [0.1, 0.15) is 12.7 Å². The molecule has 0 radical (unpaired) electrons. The lowest BCUT2D eigenvalue weighted by Gasteiger charge is -2.39. The van der Waals surface area contributed by atoms with E-state index >= 15 is 0 Å². The smallest absolute Gasteiger partial charge is 0.137 e. The van der Waals surface area contributed by atoms with E-state index in [4.69, 9.17) is 0 Å². The molecule has 0 bridgehead atoms. The van der Waals surface area contributed by atoms with Crippen LogP contribution in [0.3, 0.4) is 0 Å². The molecule has 0 saturated heterocycles. The van der Waals surface area contributed by atoms with Crippen LogP contribution in [-0.2, 0) is 6.54 Å². The number of allylic oxidation sites excluding steroid dienone is 1. The maximum atomic E-state index is 10.9.